The molecule has 2 fully saturated rings. The number of piperazine rings is 1. The average Bonchev–Trinajstić information content (AvgIpc) is 3.45. The van der Waals surface area contributed by atoms with Crippen molar-refractivity contribution in [2.75, 3.05) is 44.2 Å². The zero-order valence-corrected chi connectivity index (χ0v) is 21.6. The molecule has 0 radical (unpaired) electrons. The van der Waals surface area contributed by atoms with Gasteiger partial charge in [0, 0.05) is 50.2 Å². The number of carbonyl (C=O) groups is 1. The Hall–Kier alpha value is -1.43. The van der Waals surface area contributed by atoms with Gasteiger partial charge in [-0.25, -0.2) is 13.4 Å². The minimum Gasteiger partial charge on any atom is -0.345 e. The predicted molar refractivity (Wildman–Crippen MR) is 134 cm³/mol. The highest BCUT2D eigenvalue weighted by Crippen LogP contribution is 2.33. The van der Waals surface area contributed by atoms with Crippen molar-refractivity contribution in [3.8, 4) is 0 Å². The summed E-state index contributed by atoms with van der Waals surface area (Å²) in [5, 5.41) is 1.65. The van der Waals surface area contributed by atoms with Gasteiger partial charge < -0.3 is 9.80 Å². The number of sulfonamides is 1. The fraction of sp³-hybridized carbons (Fsp3) is 0.429. The molecule has 1 amide bonds. The van der Waals surface area contributed by atoms with E-state index >= 15 is 0 Å². The van der Waals surface area contributed by atoms with Gasteiger partial charge in [0.25, 0.3) is 10.0 Å². The molecule has 0 saturated carbocycles. The number of thiophene rings is 1. The van der Waals surface area contributed by atoms with Crippen LogP contribution < -0.4 is 4.90 Å². The van der Waals surface area contributed by atoms with Gasteiger partial charge in [0.15, 0.2) is 5.13 Å². The first-order valence-electron chi connectivity index (χ1n) is 10.7. The van der Waals surface area contributed by atoms with Crippen LogP contribution in [-0.4, -0.2) is 67.8 Å². The van der Waals surface area contributed by atoms with E-state index in [2.05, 4.69) is 4.90 Å². The molecule has 33 heavy (non-hydrogen) atoms. The normalized spacial score (nSPS) is 18.8. The van der Waals surface area contributed by atoms with Crippen molar-refractivity contribution in [2.45, 2.75) is 17.1 Å². The summed E-state index contributed by atoms with van der Waals surface area (Å²) in [5.74, 6) is -0.0125. The van der Waals surface area contributed by atoms with Gasteiger partial charge in [-0.2, -0.15) is 4.31 Å². The Balaban J connectivity index is 1.16. The van der Waals surface area contributed by atoms with Gasteiger partial charge in [0.2, 0.25) is 5.91 Å². The van der Waals surface area contributed by atoms with Crippen molar-refractivity contribution in [3.63, 3.8) is 0 Å². The molecule has 2 aliphatic heterocycles. The Kier molecular flexibility index (Phi) is 6.58. The Morgan fingerprint density at radius 2 is 1.70 bits per heavy atom. The molecule has 7 nitrogen and oxygen atoms in total. The summed E-state index contributed by atoms with van der Waals surface area (Å²) in [7, 11) is -3.55. The summed E-state index contributed by atoms with van der Waals surface area (Å²) in [4.78, 5) is 21.9. The molecule has 1 aromatic carbocycles. The molecule has 2 aliphatic rings. The number of hydrogen-bond donors (Lipinski definition) is 0. The zero-order chi connectivity index (χ0) is 23.2. The van der Waals surface area contributed by atoms with Crippen molar-refractivity contribution in [3.05, 3.63) is 39.7 Å². The van der Waals surface area contributed by atoms with E-state index < -0.39 is 10.0 Å². The SMILES string of the molecule is O=C(C1CCN(S(=O)(=O)c2ccc(Cl)s2)CC1)N1CCN(c2nc3ccc(Cl)cc3s2)CC1. The smallest absolute Gasteiger partial charge is 0.252 e. The minimum absolute atomic E-state index is 0.127. The number of amides is 1. The highest BCUT2D eigenvalue weighted by atomic mass is 35.5. The molecule has 4 heterocycles. The van der Waals surface area contributed by atoms with Crippen LogP contribution >= 0.6 is 45.9 Å². The maximum absolute atomic E-state index is 13.1. The average molecular weight is 546 g/mol. The Morgan fingerprint density at radius 1 is 0.970 bits per heavy atom. The van der Waals surface area contributed by atoms with E-state index in [4.69, 9.17) is 28.2 Å². The first-order valence-corrected chi connectivity index (χ1v) is 14.5. The molecule has 3 aromatic rings. The van der Waals surface area contributed by atoms with E-state index in [-0.39, 0.29) is 16.0 Å². The molecule has 0 N–H and O–H groups in total. The Bertz CT molecular complexity index is 1280. The summed E-state index contributed by atoms with van der Waals surface area (Å²) in [5.41, 5.74) is 0.935. The summed E-state index contributed by atoms with van der Waals surface area (Å²) in [6, 6.07) is 8.84. The third-order valence-corrected chi connectivity index (χ3v) is 11.1. The molecule has 176 valence electrons. The fourth-order valence-electron chi connectivity index (χ4n) is 4.30. The number of nitrogens with zero attached hydrogens (tertiary/aromatic N) is 4. The number of fused-ring (bicyclic) bond motifs is 1. The molecule has 0 spiro atoms. The van der Waals surface area contributed by atoms with Crippen LogP contribution in [-0.2, 0) is 14.8 Å². The summed E-state index contributed by atoms with van der Waals surface area (Å²) in [6.45, 7) is 3.44. The number of halogens is 2. The Morgan fingerprint density at radius 3 is 2.36 bits per heavy atom. The number of benzene rings is 1. The molecular weight excluding hydrogens is 523 g/mol. The maximum atomic E-state index is 13.1. The molecular formula is C21H22Cl2N4O3S3. The second-order valence-corrected chi connectivity index (χ2v) is 13.5. The number of carbonyl (C=O) groups excluding carboxylic acids is 1. The van der Waals surface area contributed by atoms with Gasteiger partial charge in [0.1, 0.15) is 4.21 Å². The molecule has 2 saturated heterocycles. The second-order valence-electron chi connectivity index (χ2n) is 8.16. The first kappa shape index (κ1) is 23.3. The van der Waals surface area contributed by atoms with Crippen molar-refractivity contribution in [1.29, 1.82) is 0 Å². The molecule has 12 heteroatoms. The summed E-state index contributed by atoms with van der Waals surface area (Å²) >= 11 is 14.7. The largest absolute Gasteiger partial charge is 0.345 e. The van der Waals surface area contributed by atoms with Crippen LogP contribution in [0, 0.1) is 5.92 Å². The topological polar surface area (TPSA) is 73.8 Å². The van der Waals surface area contributed by atoms with Gasteiger partial charge in [-0.1, -0.05) is 34.5 Å². The highest BCUT2D eigenvalue weighted by Gasteiger charge is 2.35. The van der Waals surface area contributed by atoms with Gasteiger partial charge in [-0.3, -0.25) is 4.79 Å². The van der Waals surface area contributed by atoms with E-state index in [9.17, 15) is 13.2 Å². The van der Waals surface area contributed by atoms with Crippen LogP contribution in [0.2, 0.25) is 9.36 Å². The monoisotopic (exact) mass is 544 g/mol. The zero-order valence-electron chi connectivity index (χ0n) is 17.6. The lowest BCUT2D eigenvalue weighted by Gasteiger charge is -2.38. The highest BCUT2D eigenvalue weighted by molar-refractivity contribution is 7.91. The van der Waals surface area contributed by atoms with Crippen LogP contribution in [0.5, 0.6) is 0 Å². The van der Waals surface area contributed by atoms with Crippen LogP contribution in [0.4, 0.5) is 5.13 Å². The van der Waals surface area contributed by atoms with Crippen LogP contribution in [0.3, 0.4) is 0 Å². The van der Waals surface area contributed by atoms with Crippen molar-refractivity contribution in [1.82, 2.24) is 14.2 Å². The van der Waals surface area contributed by atoms with Crippen LogP contribution in [0.15, 0.2) is 34.5 Å². The van der Waals surface area contributed by atoms with E-state index in [1.54, 1.807) is 23.5 Å². The lowest BCUT2D eigenvalue weighted by molar-refractivity contribution is -0.137. The maximum Gasteiger partial charge on any atom is 0.252 e. The third-order valence-electron chi connectivity index (χ3n) is 6.15. The summed E-state index contributed by atoms with van der Waals surface area (Å²) in [6.07, 6.45) is 1.08. The molecule has 0 unspecified atom stereocenters. The Labute approximate surface area is 210 Å². The lowest BCUT2D eigenvalue weighted by atomic mass is 9.96. The molecule has 2 aromatic heterocycles. The number of thiazole rings is 1. The lowest BCUT2D eigenvalue weighted by Crippen LogP contribution is -2.52. The quantitative estimate of drug-likeness (QED) is 0.486. The number of anilines is 1. The predicted octanol–water partition coefficient (Wildman–Crippen LogP) is 4.41. The van der Waals surface area contributed by atoms with E-state index in [0.29, 0.717) is 48.4 Å². The third kappa shape index (κ3) is 4.74. The summed E-state index contributed by atoms with van der Waals surface area (Å²) < 4.78 is 28.8. The number of aromatic nitrogens is 1. The molecule has 0 aliphatic carbocycles. The van der Waals surface area contributed by atoms with Gasteiger partial charge >= 0.3 is 0 Å². The van der Waals surface area contributed by atoms with E-state index in [1.165, 1.54) is 4.31 Å². The fourth-order valence-corrected chi connectivity index (χ4v) is 8.70. The van der Waals surface area contributed by atoms with Gasteiger partial charge in [-0.15, -0.1) is 11.3 Å². The number of piperidine rings is 1. The number of hydrogen-bond acceptors (Lipinski definition) is 7. The van der Waals surface area contributed by atoms with Gasteiger partial charge in [-0.05, 0) is 43.2 Å². The van der Waals surface area contributed by atoms with E-state index in [1.807, 2.05) is 23.1 Å². The number of rotatable bonds is 4. The first-order chi connectivity index (χ1) is 15.8. The minimum atomic E-state index is -3.55. The molecule has 5 rings (SSSR count). The van der Waals surface area contributed by atoms with Crippen molar-refractivity contribution >= 4 is 77.2 Å². The van der Waals surface area contributed by atoms with Crippen LogP contribution in [0.1, 0.15) is 12.8 Å². The van der Waals surface area contributed by atoms with Crippen molar-refractivity contribution < 1.29 is 13.2 Å². The second kappa shape index (κ2) is 9.31. The molecule has 0 atom stereocenters. The van der Waals surface area contributed by atoms with Gasteiger partial charge in [0.05, 0.1) is 14.6 Å². The van der Waals surface area contributed by atoms with Crippen LogP contribution in [0.25, 0.3) is 10.2 Å². The van der Waals surface area contributed by atoms with E-state index in [0.717, 1.165) is 39.8 Å². The standard InChI is InChI=1S/C21H22Cl2N4O3S3/c22-15-1-2-16-17(13-15)31-21(24-16)26-11-9-25(10-12-26)20(28)14-5-7-27(8-6-14)33(29,30)19-4-3-18(23)32-19/h1-4,13-14H,5-12H2. The molecule has 0 bridgehead atoms. The van der Waals surface area contributed by atoms with Crippen molar-refractivity contribution in [2.24, 2.45) is 5.92 Å².